The number of allylic oxidation sites excluding steroid dienone is 4. The third kappa shape index (κ3) is 3.86. The standard InChI is InChI=1S/C10H14O2/c1-4-9(3)10(12)6-5-8(2)7-11/h4-5,7H,6H2,1-3H3. The smallest absolute Gasteiger partial charge is 0.162 e. The van der Waals surface area contributed by atoms with Gasteiger partial charge < -0.3 is 0 Å². The second-order valence-corrected chi connectivity index (χ2v) is 2.66. The van der Waals surface area contributed by atoms with E-state index in [-0.39, 0.29) is 5.78 Å². The Balaban J connectivity index is 4.12. The Hall–Kier alpha value is -1.18. The van der Waals surface area contributed by atoms with E-state index >= 15 is 0 Å². The second kappa shape index (κ2) is 5.47. The predicted octanol–water partition coefficient (Wildman–Crippen LogP) is 2.06. The maximum atomic E-state index is 11.2. The normalized spacial score (nSPS) is 12.9. The molecule has 0 aromatic rings. The summed E-state index contributed by atoms with van der Waals surface area (Å²) in [5, 5.41) is 0. The molecule has 2 nitrogen and oxygen atoms in total. The first-order valence-corrected chi connectivity index (χ1v) is 3.90. The first-order valence-electron chi connectivity index (χ1n) is 3.90. The van der Waals surface area contributed by atoms with Crippen LogP contribution in [0.2, 0.25) is 0 Å². The van der Waals surface area contributed by atoms with E-state index in [2.05, 4.69) is 0 Å². The maximum absolute atomic E-state index is 11.2. The highest BCUT2D eigenvalue weighted by Gasteiger charge is 2.00. The summed E-state index contributed by atoms with van der Waals surface area (Å²) in [6, 6.07) is 0. The Kier molecular flexibility index (Phi) is 4.93. The molecule has 0 bridgehead atoms. The minimum absolute atomic E-state index is 0.0682. The van der Waals surface area contributed by atoms with Crippen molar-refractivity contribution in [2.75, 3.05) is 0 Å². The van der Waals surface area contributed by atoms with Crippen molar-refractivity contribution in [1.29, 1.82) is 0 Å². The molecule has 0 unspecified atom stereocenters. The molecule has 0 rings (SSSR count). The van der Waals surface area contributed by atoms with Gasteiger partial charge in [-0.15, -0.1) is 0 Å². The second-order valence-electron chi connectivity index (χ2n) is 2.66. The van der Waals surface area contributed by atoms with E-state index in [4.69, 9.17) is 0 Å². The number of carbonyl (C=O) groups excluding carboxylic acids is 2. The van der Waals surface area contributed by atoms with Gasteiger partial charge in [0, 0.05) is 6.42 Å². The van der Waals surface area contributed by atoms with Gasteiger partial charge in [-0.2, -0.15) is 0 Å². The minimum atomic E-state index is 0.0682. The summed E-state index contributed by atoms with van der Waals surface area (Å²) in [6.45, 7) is 5.28. The molecule has 66 valence electrons. The Morgan fingerprint density at radius 1 is 1.33 bits per heavy atom. The van der Waals surface area contributed by atoms with Crippen molar-refractivity contribution in [1.82, 2.24) is 0 Å². The van der Waals surface area contributed by atoms with Gasteiger partial charge in [-0.3, -0.25) is 9.59 Å². The van der Waals surface area contributed by atoms with Crippen molar-refractivity contribution in [3.63, 3.8) is 0 Å². The van der Waals surface area contributed by atoms with Crippen molar-refractivity contribution < 1.29 is 9.59 Å². The zero-order chi connectivity index (χ0) is 9.56. The number of hydrogen-bond donors (Lipinski definition) is 0. The summed E-state index contributed by atoms with van der Waals surface area (Å²) < 4.78 is 0. The first-order chi connectivity index (χ1) is 5.61. The van der Waals surface area contributed by atoms with Crippen LogP contribution >= 0.6 is 0 Å². The lowest BCUT2D eigenvalue weighted by Crippen LogP contribution is -1.97. The van der Waals surface area contributed by atoms with Crippen LogP contribution < -0.4 is 0 Å². The molecule has 0 saturated carbocycles. The highest BCUT2D eigenvalue weighted by Crippen LogP contribution is 2.01. The summed E-state index contributed by atoms with van der Waals surface area (Å²) in [5.74, 6) is 0.0682. The SMILES string of the molecule is CC=C(C)C(=O)CC=C(C)C=O. The van der Waals surface area contributed by atoms with Gasteiger partial charge in [0.2, 0.25) is 0 Å². The fraction of sp³-hybridized carbons (Fsp3) is 0.400. The molecule has 0 aliphatic carbocycles. The molecule has 0 aliphatic rings. The zero-order valence-electron chi connectivity index (χ0n) is 7.76. The fourth-order valence-corrected chi connectivity index (χ4v) is 0.624. The van der Waals surface area contributed by atoms with Gasteiger partial charge in [0.15, 0.2) is 5.78 Å². The lowest BCUT2D eigenvalue weighted by Gasteiger charge is -1.94. The molecular weight excluding hydrogens is 152 g/mol. The quantitative estimate of drug-likeness (QED) is 0.473. The van der Waals surface area contributed by atoms with Crippen LogP contribution in [-0.4, -0.2) is 12.1 Å². The molecule has 0 heterocycles. The molecule has 0 amide bonds. The van der Waals surface area contributed by atoms with Gasteiger partial charge in [0.05, 0.1) is 0 Å². The molecule has 0 aliphatic heterocycles. The molecular formula is C10H14O2. The minimum Gasteiger partial charge on any atom is -0.298 e. The van der Waals surface area contributed by atoms with Crippen molar-refractivity contribution in [2.45, 2.75) is 27.2 Å². The van der Waals surface area contributed by atoms with Gasteiger partial charge in [-0.1, -0.05) is 12.2 Å². The first kappa shape index (κ1) is 10.8. The van der Waals surface area contributed by atoms with Gasteiger partial charge >= 0.3 is 0 Å². The Morgan fingerprint density at radius 3 is 2.33 bits per heavy atom. The number of carbonyl (C=O) groups is 2. The molecule has 2 heteroatoms. The number of hydrogen-bond acceptors (Lipinski definition) is 2. The Bertz CT molecular complexity index is 234. The van der Waals surface area contributed by atoms with Gasteiger partial charge in [0.25, 0.3) is 0 Å². The number of Topliss-reactive ketones (excluding diaryl/α,β-unsaturated/α-hetero) is 1. The van der Waals surface area contributed by atoms with Crippen LogP contribution in [0.4, 0.5) is 0 Å². The summed E-state index contributed by atoms with van der Waals surface area (Å²) in [5.41, 5.74) is 1.34. The Labute approximate surface area is 73.0 Å². The average Bonchev–Trinajstić information content (AvgIpc) is 2.11. The molecule has 0 atom stereocenters. The molecule has 0 spiro atoms. The fourth-order valence-electron chi connectivity index (χ4n) is 0.624. The van der Waals surface area contributed by atoms with E-state index in [1.807, 2.05) is 6.92 Å². The van der Waals surface area contributed by atoms with E-state index in [0.717, 1.165) is 11.9 Å². The highest BCUT2D eigenvalue weighted by molar-refractivity contribution is 5.96. The van der Waals surface area contributed by atoms with Gasteiger partial charge in [-0.25, -0.2) is 0 Å². The number of aldehydes is 1. The van der Waals surface area contributed by atoms with Crippen LogP contribution in [0.25, 0.3) is 0 Å². The van der Waals surface area contributed by atoms with E-state index in [1.165, 1.54) is 0 Å². The Morgan fingerprint density at radius 2 is 1.92 bits per heavy atom. The summed E-state index contributed by atoms with van der Waals surface area (Å²) in [7, 11) is 0. The molecule has 0 radical (unpaired) electrons. The van der Waals surface area contributed by atoms with Crippen LogP contribution in [0, 0.1) is 0 Å². The van der Waals surface area contributed by atoms with Crippen LogP contribution in [0.1, 0.15) is 27.2 Å². The lowest BCUT2D eigenvalue weighted by molar-refractivity contribution is -0.114. The van der Waals surface area contributed by atoms with E-state index in [9.17, 15) is 9.59 Å². The van der Waals surface area contributed by atoms with Crippen LogP contribution in [0.5, 0.6) is 0 Å². The maximum Gasteiger partial charge on any atom is 0.162 e. The third-order valence-corrected chi connectivity index (χ3v) is 1.67. The van der Waals surface area contributed by atoms with E-state index in [1.54, 1.807) is 26.0 Å². The monoisotopic (exact) mass is 166 g/mol. The number of rotatable bonds is 4. The largest absolute Gasteiger partial charge is 0.298 e. The summed E-state index contributed by atoms with van der Waals surface area (Å²) in [6.07, 6.45) is 4.48. The predicted molar refractivity (Wildman–Crippen MR) is 48.9 cm³/mol. The van der Waals surface area contributed by atoms with Crippen molar-refractivity contribution >= 4 is 12.1 Å². The number of ketones is 1. The van der Waals surface area contributed by atoms with Gasteiger partial charge in [0.1, 0.15) is 6.29 Å². The molecule has 0 fully saturated rings. The summed E-state index contributed by atoms with van der Waals surface area (Å²) >= 11 is 0. The van der Waals surface area contributed by atoms with Crippen molar-refractivity contribution in [2.24, 2.45) is 0 Å². The molecule has 0 aromatic carbocycles. The van der Waals surface area contributed by atoms with Crippen molar-refractivity contribution in [3.8, 4) is 0 Å². The van der Waals surface area contributed by atoms with Gasteiger partial charge in [-0.05, 0) is 31.9 Å². The topological polar surface area (TPSA) is 34.1 Å². The van der Waals surface area contributed by atoms with E-state index < -0.39 is 0 Å². The highest BCUT2D eigenvalue weighted by atomic mass is 16.1. The molecule has 0 saturated heterocycles. The molecule has 0 N–H and O–H groups in total. The van der Waals surface area contributed by atoms with Crippen LogP contribution in [0.15, 0.2) is 23.3 Å². The average molecular weight is 166 g/mol. The molecule has 12 heavy (non-hydrogen) atoms. The lowest BCUT2D eigenvalue weighted by atomic mass is 10.1. The molecule has 0 aromatic heterocycles. The summed E-state index contributed by atoms with van der Waals surface area (Å²) in [4.78, 5) is 21.3. The third-order valence-electron chi connectivity index (χ3n) is 1.67. The van der Waals surface area contributed by atoms with Crippen molar-refractivity contribution in [3.05, 3.63) is 23.3 Å². The van der Waals surface area contributed by atoms with Crippen LogP contribution in [-0.2, 0) is 9.59 Å². The van der Waals surface area contributed by atoms with E-state index in [0.29, 0.717) is 12.0 Å². The van der Waals surface area contributed by atoms with Crippen LogP contribution in [0.3, 0.4) is 0 Å². The zero-order valence-corrected chi connectivity index (χ0v) is 7.76.